The molecular weight excluding hydrogens is 187 g/mol. The molecule has 2 nitrogen and oxygen atoms in total. The van der Waals surface area contributed by atoms with Crippen molar-refractivity contribution in [3.8, 4) is 0 Å². The molecule has 0 atom stereocenters. The summed E-state index contributed by atoms with van der Waals surface area (Å²) in [6.45, 7) is 7.58. The van der Waals surface area contributed by atoms with Gasteiger partial charge in [0.25, 0.3) is 0 Å². The molecule has 78 valence electrons. The summed E-state index contributed by atoms with van der Waals surface area (Å²) in [7, 11) is -2.58. The van der Waals surface area contributed by atoms with Gasteiger partial charge < -0.3 is 8.84 Å². The van der Waals surface area contributed by atoms with Crippen LogP contribution >= 0.6 is 0 Å². The molecule has 0 saturated carbocycles. The van der Waals surface area contributed by atoms with Crippen molar-refractivity contribution in [2.75, 3.05) is 6.61 Å². The minimum atomic E-state index is -2.58. The zero-order valence-electron chi connectivity index (χ0n) is 8.89. The number of hydrogen-bond donors (Lipinski definition) is 0. The lowest BCUT2D eigenvalue weighted by Gasteiger charge is -2.11. The Morgan fingerprint density at radius 1 is 1.46 bits per heavy atom. The number of esters is 1. The first kappa shape index (κ1) is 12.6. The summed E-state index contributed by atoms with van der Waals surface area (Å²) >= 11 is 0. The van der Waals surface area contributed by atoms with E-state index in [0.29, 0.717) is 18.6 Å². The van der Waals surface area contributed by atoms with Gasteiger partial charge in [-0.25, -0.2) is 0 Å². The highest BCUT2D eigenvalue weighted by Crippen LogP contribution is 2.13. The first-order chi connectivity index (χ1) is 5.81. The molecule has 0 rings (SSSR count). The Kier molecular flexibility index (Phi) is 5.21. The third-order valence-corrected chi connectivity index (χ3v) is 2.94. The minimum Gasteiger partial charge on any atom is -0.465 e. The van der Waals surface area contributed by atoms with Crippen LogP contribution in [0, 0.1) is 5.92 Å². The fourth-order valence-corrected chi connectivity index (χ4v) is 1.53. The van der Waals surface area contributed by atoms with Gasteiger partial charge in [-0.05, 0) is 25.1 Å². The lowest BCUT2D eigenvalue weighted by Crippen LogP contribution is -2.20. The van der Waals surface area contributed by atoms with Gasteiger partial charge in [0.05, 0.1) is 6.61 Å². The highest BCUT2D eigenvalue weighted by atomic mass is 28.4. The molecule has 0 aliphatic rings. The first-order valence-corrected chi connectivity index (χ1v) is 7.74. The van der Waals surface area contributed by atoms with Gasteiger partial charge in [-0.1, -0.05) is 13.8 Å². The Morgan fingerprint density at radius 3 is 2.38 bits per heavy atom. The quantitative estimate of drug-likeness (QED) is 0.393. The lowest BCUT2D eigenvalue weighted by atomic mass is 10.2. The van der Waals surface area contributed by atoms with Gasteiger partial charge in [-0.15, -0.1) is 0 Å². The molecule has 0 amide bonds. The number of carbonyl (C=O) groups excluding carboxylic acids is 1. The molecule has 0 aromatic heterocycles. The van der Waals surface area contributed by atoms with E-state index in [0.717, 1.165) is 0 Å². The summed E-state index contributed by atoms with van der Waals surface area (Å²) in [6, 6.07) is 0.365. The third-order valence-electron chi connectivity index (χ3n) is 1.50. The number of hydrogen-bond acceptors (Lipinski definition) is 2. The van der Waals surface area contributed by atoms with Crippen LogP contribution in [0.5, 0.6) is 0 Å². The van der Waals surface area contributed by atoms with E-state index >= 15 is 0 Å². The van der Waals surface area contributed by atoms with Crippen LogP contribution in [0.2, 0.25) is 19.1 Å². The maximum Gasteiger partial charge on any atom is 0.305 e. The Labute approximate surface area is 80.7 Å². The second-order valence-corrected chi connectivity index (χ2v) is 8.23. The van der Waals surface area contributed by atoms with E-state index in [1.165, 1.54) is 0 Å². The molecule has 0 fully saturated rings. The zero-order valence-corrected chi connectivity index (χ0v) is 9.89. The standard InChI is InChI=1S/C9H19FO2Si/c1-8(2)7-12-9(11)5-6-13(3,4)10/h8H,5-7H2,1-4H3. The van der Waals surface area contributed by atoms with Crippen LogP contribution in [0.1, 0.15) is 20.3 Å². The van der Waals surface area contributed by atoms with E-state index < -0.39 is 8.41 Å². The smallest absolute Gasteiger partial charge is 0.305 e. The van der Waals surface area contributed by atoms with Gasteiger partial charge >= 0.3 is 5.97 Å². The molecule has 13 heavy (non-hydrogen) atoms. The van der Waals surface area contributed by atoms with Crippen LogP contribution in [0.3, 0.4) is 0 Å². The molecular formula is C9H19FO2Si. The monoisotopic (exact) mass is 206 g/mol. The SMILES string of the molecule is CC(C)COC(=O)CC[Si](C)(C)F. The van der Waals surface area contributed by atoms with Gasteiger partial charge in [0.2, 0.25) is 8.41 Å². The average Bonchev–Trinajstić information content (AvgIpc) is 1.95. The molecule has 0 N–H and O–H groups in total. The molecule has 0 aromatic carbocycles. The normalized spacial score (nSPS) is 11.8. The summed E-state index contributed by atoms with van der Waals surface area (Å²) in [5.74, 6) is 0.0755. The zero-order chi connectivity index (χ0) is 10.5. The van der Waals surface area contributed by atoms with Crippen LogP contribution in [-0.2, 0) is 9.53 Å². The molecule has 0 spiro atoms. The summed E-state index contributed by atoms with van der Waals surface area (Å²) in [4.78, 5) is 11.0. The van der Waals surface area contributed by atoms with Crippen molar-refractivity contribution >= 4 is 14.4 Å². The molecule has 0 aliphatic carbocycles. The summed E-state index contributed by atoms with van der Waals surface area (Å²) in [5.41, 5.74) is 0. The topological polar surface area (TPSA) is 26.3 Å². The predicted molar refractivity (Wildman–Crippen MR) is 53.8 cm³/mol. The fraction of sp³-hybridized carbons (Fsp3) is 0.889. The number of rotatable bonds is 5. The minimum absolute atomic E-state index is 0.225. The number of halogens is 1. The van der Waals surface area contributed by atoms with Crippen LogP contribution < -0.4 is 0 Å². The van der Waals surface area contributed by atoms with Gasteiger partial charge in [0.15, 0.2) is 0 Å². The Bertz CT molecular complexity index is 163. The van der Waals surface area contributed by atoms with Crippen molar-refractivity contribution in [2.24, 2.45) is 5.92 Å². The van der Waals surface area contributed by atoms with Gasteiger partial charge in [0.1, 0.15) is 0 Å². The molecule has 0 unspecified atom stereocenters. The van der Waals surface area contributed by atoms with E-state index in [4.69, 9.17) is 4.74 Å². The average molecular weight is 206 g/mol. The molecule has 0 aliphatic heterocycles. The van der Waals surface area contributed by atoms with E-state index in [9.17, 15) is 8.90 Å². The van der Waals surface area contributed by atoms with Gasteiger partial charge in [-0.2, -0.15) is 0 Å². The fourth-order valence-electron chi connectivity index (χ4n) is 0.731. The number of ether oxygens (including phenoxy) is 1. The van der Waals surface area contributed by atoms with Crippen molar-refractivity contribution in [3.63, 3.8) is 0 Å². The molecule has 0 saturated heterocycles. The highest BCUT2D eigenvalue weighted by Gasteiger charge is 2.21. The van der Waals surface area contributed by atoms with Crippen molar-refractivity contribution in [2.45, 2.75) is 39.4 Å². The Balaban J connectivity index is 3.53. The van der Waals surface area contributed by atoms with Crippen molar-refractivity contribution < 1.29 is 13.6 Å². The maximum atomic E-state index is 13.1. The summed E-state index contributed by atoms with van der Waals surface area (Å²) in [5, 5.41) is 0. The van der Waals surface area contributed by atoms with E-state index in [-0.39, 0.29) is 12.4 Å². The highest BCUT2D eigenvalue weighted by molar-refractivity contribution is 6.70. The third kappa shape index (κ3) is 9.53. The van der Waals surface area contributed by atoms with Crippen molar-refractivity contribution in [3.05, 3.63) is 0 Å². The maximum absolute atomic E-state index is 13.1. The van der Waals surface area contributed by atoms with Gasteiger partial charge in [-0.3, -0.25) is 4.79 Å². The predicted octanol–water partition coefficient (Wildman–Crippen LogP) is 2.75. The molecule has 0 bridgehead atoms. The first-order valence-electron chi connectivity index (χ1n) is 4.66. The van der Waals surface area contributed by atoms with E-state index in [1.807, 2.05) is 13.8 Å². The van der Waals surface area contributed by atoms with Crippen LogP contribution in [-0.4, -0.2) is 21.0 Å². The molecule has 4 heteroatoms. The lowest BCUT2D eigenvalue weighted by molar-refractivity contribution is -0.144. The van der Waals surface area contributed by atoms with Gasteiger partial charge in [0, 0.05) is 6.42 Å². The van der Waals surface area contributed by atoms with Crippen molar-refractivity contribution in [1.29, 1.82) is 0 Å². The molecule has 0 radical (unpaired) electrons. The van der Waals surface area contributed by atoms with E-state index in [2.05, 4.69) is 0 Å². The molecule has 0 heterocycles. The second kappa shape index (κ2) is 5.37. The van der Waals surface area contributed by atoms with Crippen molar-refractivity contribution in [1.82, 2.24) is 0 Å². The van der Waals surface area contributed by atoms with Crippen LogP contribution in [0.25, 0.3) is 0 Å². The second-order valence-electron chi connectivity index (χ2n) is 4.30. The Morgan fingerprint density at radius 2 is 2.00 bits per heavy atom. The molecule has 0 aromatic rings. The number of carbonyl (C=O) groups is 1. The summed E-state index contributed by atoms with van der Waals surface area (Å²) < 4.78 is 18.0. The van der Waals surface area contributed by atoms with Crippen LogP contribution in [0.4, 0.5) is 4.11 Å². The van der Waals surface area contributed by atoms with E-state index in [1.54, 1.807) is 13.1 Å². The van der Waals surface area contributed by atoms with Crippen LogP contribution in [0.15, 0.2) is 0 Å². The Hall–Kier alpha value is -0.383. The largest absolute Gasteiger partial charge is 0.465 e. The summed E-state index contributed by atoms with van der Waals surface area (Å²) in [6.07, 6.45) is 0.225.